The van der Waals surface area contributed by atoms with E-state index in [1.807, 2.05) is 0 Å². The highest BCUT2D eigenvalue weighted by Gasteiger charge is 1.83. The Bertz CT molecular complexity index is 81.0. The molecule has 0 amide bonds. The topological polar surface area (TPSA) is 70.6 Å². The molecule has 5 nitrogen and oxygen atoms in total. The molecule has 0 aliphatic heterocycles. The third-order valence-electron chi connectivity index (χ3n) is 0.750. The Hall–Kier alpha value is -0.840. The van der Waals surface area contributed by atoms with Crippen LogP contribution in [0.25, 0.3) is 0 Å². The molecule has 0 spiro atoms. The summed E-state index contributed by atoms with van der Waals surface area (Å²) in [7, 11) is 4.34. The van der Waals surface area contributed by atoms with Crippen LogP contribution >= 0.6 is 0 Å². The summed E-state index contributed by atoms with van der Waals surface area (Å²) in [5.41, 5.74) is 0. The molecule has 0 radical (unpaired) electrons. The van der Waals surface area contributed by atoms with E-state index in [-0.39, 0.29) is 0 Å². The van der Waals surface area contributed by atoms with Gasteiger partial charge >= 0.3 is 0 Å². The van der Waals surface area contributed by atoms with Crippen LogP contribution in [0.5, 0.6) is 0 Å². The summed E-state index contributed by atoms with van der Waals surface area (Å²) in [4.78, 5) is 9.79. The molecule has 0 saturated heterocycles. The first kappa shape index (κ1) is 11.9. The zero-order chi connectivity index (χ0) is 8.57. The summed E-state index contributed by atoms with van der Waals surface area (Å²) >= 11 is 0. The third-order valence-corrected chi connectivity index (χ3v) is 0.750. The maximum Gasteiger partial charge on any atom is 0.0764 e. The van der Waals surface area contributed by atoms with Crippen molar-refractivity contribution in [3.63, 3.8) is 0 Å². The van der Waals surface area contributed by atoms with E-state index in [1.165, 1.54) is 17.9 Å². The molecule has 1 N–H and O–H groups in total. The van der Waals surface area contributed by atoms with Crippen molar-refractivity contribution in [2.75, 3.05) is 20.6 Å². The summed E-state index contributed by atoms with van der Waals surface area (Å²) in [6.07, 6.45) is 1.29. The van der Waals surface area contributed by atoms with E-state index in [2.05, 4.69) is 21.0 Å². The van der Waals surface area contributed by atoms with Crippen LogP contribution in [-0.4, -0.2) is 25.7 Å². The van der Waals surface area contributed by atoms with E-state index in [4.69, 9.17) is 15.3 Å². The van der Waals surface area contributed by atoms with E-state index >= 15 is 0 Å². The lowest BCUT2D eigenvalue weighted by atomic mass is 10.5. The molecule has 0 fully saturated rings. The van der Waals surface area contributed by atoms with Crippen molar-refractivity contribution >= 4 is 0 Å². The minimum absolute atomic E-state index is 1.29. The van der Waals surface area contributed by atoms with Crippen molar-refractivity contribution in [3.05, 3.63) is 15.3 Å². The summed E-state index contributed by atoms with van der Waals surface area (Å²) in [5.74, 6) is 0. The maximum atomic E-state index is 8.25. The minimum atomic E-state index is -1.75. The summed E-state index contributed by atoms with van der Waals surface area (Å²) in [6.45, 7) is 3.49. The van der Waals surface area contributed by atoms with Crippen LogP contribution in [-0.2, 0) is 0 Å². The van der Waals surface area contributed by atoms with Crippen molar-refractivity contribution in [1.29, 1.82) is 0 Å². The van der Waals surface area contributed by atoms with E-state index < -0.39 is 5.09 Å². The van der Waals surface area contributed by atoms with Gasteiger partial charge in [0.15, 0.2) is 0 Å². The van der Waals surface area contributed by atoms with Crippen LogP contribution in [0.15, 0.2) is 0 Å². The number of nitrogens with one attached hydrogen (secondary N) is 1. The van der Waals surface area contributed by atoms with Gasteiger partial charge in [-0.05, 0) is 6.42 Å². The molecule has 0 bridgehead atoms. The monoisotopic (exact) mass is 150 g/mol. The molecule has 0 aliphatic rings. The molecule has 10 heavy (non-hydrogen) atoms. The SMILES string of the molecule is CCC[NH+](C)C.O=[N+]([O-])[O-]. The largest absolute Gasteiger partial charge is 0.356 e. The van der Waals surface area contributed by atoms with Crippen molar-refractivity contribution < 1.29 is 9.99 Å². The van der Waals surface area contributed by atoms with Gasteiger partial charge < -0.3 is 20.2 Å². The van der Waals surface area contributed by atoms with Gasteiger partial charge in [-0.1, -0.05) is 6.92 Å². The van der Waals surface area contributed by atoms with Crippen LogP contribution in [0.2, 0.25) is 0 Å². The van der Waals surface area contributed by atoms with Crippen molar-refractivity contribution in [2.24, 2.45) is 0 Å². The highest BCUT2D eigenvalue weighted by atomic mass is 16.9. The van der Waals surface area contributed by atoms with E-state index in [9.17, 15) is 0 Å². The molecule has 0 saturated carbocycles. The normalized spacial score (nSPS) is 8.40. The highest BCUT2D eigenvalue weighted by Crippen LogP contribution is 1.58. The molecule has 0 heterocycles. The number of quaternary nitrogens is 1. The second-order valence-electron chi connectivity index (χ2n) is 2.18. The summed E-state index contributed by atoms with van der Waals surface area (Å²) < 4.78 is 0. The lowest BCUT2D eigenvalue weighted by molar-refractivity contribution is -0.858. The number of nitrogens with zero attached hydrogens (tertiary/aromatic N) is 1. The van der Waals surface area contributed by atoms with Crippen LogP contribution in [0.1, 0.15) is 13.3 Å². The first-order chi connectivity index (χ1) is 4.50. The molecule has 0 unspecified atom stereocenters. The Morgan fingerprint density at radius 1 is 1.40 bits per heavy atom. The lowest BCUT2D eigenvalue weighted by Crippen LogP contribution is -3.05. The van der Waals surface area contributed by atoms with E-state index in [1.54, 1.807) is 0 Å². The zero-order valence-electron chi connectivity index (χ0n) is 6.59. The van der Waals surface area contributed by atoms with Crippen LogP contribution in [0.3, 0.4) is 0 Å². The molecule has 62 valence electrons. The van der Waals surface area contributed by atoms with Gasteiger partial charge in [0.1, 0.15) is 0 Å². The highest BCUT2D eigenvalue weighted by molar-refractivity contribution is 4.13. The average Bonchev–Trinajstić information content (AvgIpc) is 1.62. The smallest absolute Gasteiger partial charge is 0.0764 e. The molecule has 0 aromatic rings. The second-order valence-corrected chi connectivity index (χ2v) is 2.18. The Morgan fingerprint density at radius 3 is 1.70 bits per heavy atom. The van der Waals surface area contributed by atoms with Crippen LogP contribution < -0.4 is 4.90 Å². The van der Waals surface area contributed by atoms with Gasteiger partial charge in [-0.15, -0.1) is 0 Å². The Balaban J connectivity index is 0. The van der Waals surface area contributed by atoms with Gasteiger partial charge in [0.05, 0.1) is 25.7 Å². The van der Waals surface area contributed by atoms with E-state index in [0.29, 0.717) is 0 Å². The van der Waals surface area contributed by atoms with Crippen LogP contribution in [0.4, 0.5) is 0 Å². The van der Waals surface area contributed by atoms with Crippen molar-refractivity contribution in [3.8, 4) is 0 Å². The fraction of sp³-hybridized carbons (Fsp3) is 1.00. The molecule has 0 rings (SSSR count). The lowest BCUT2D eigenvalue weighted by Gasteiger charge is -2.01. The first-order valence-corrected chi connectivity index (χ1v) is 3.11. The van der Waals surface area contributed by atoms with Crippen LogP contribution in [0, 0.1) is 15.3 Å². The second kappa shape index (κ2) is 8.16. The van der Waals surface area contributed by atoms with Gasteiger partial charge in [-0.3, -0.25) is 0 Å². The van der Waals surface area contributed by atoms with Gasteiger partial charge in [-0.25, -0.2) is 0 Å². The Kier molecular flexibility index (Phi) is 9.71. The summed E-state index contributed by atoms with van der Waals surface area (Å²) in [6, 6.07) is 0. The van der Waals surface area contributed by atoms with E-state index in [0.717, 1.165) is 0 Å². The zero-order valence-corrected chi connectivity index (χ0v) is 6.59. The number of rotatable bonds is 2. The quantitative estimate of drug-likeness (QED) is 0.418. The fourth-order valence-corrected chi connectivity index (χ4v) is 0.500. The first-order valence-electron chi connectivity index (χ1n) is 3.11. The minimum Gasteiger partial charge on any atom is -0.356 e. The van der Waals surface area contributed by atoms with Crippen molar-refractivity contribution in [2.45, 2.75) is 13.3 Å². The average molecular weight is 150 g/mol. The molecule has 0 aromatic heterocycles. The molecular formula is C5H14N2O3. The maximum absolute atomic E-state index is 8.25. The molecular weight excluding hydrogens is 136 g/mol. The third kappa shape index (κ3) is 58.2. The Labute approximate surface area is 60.4 Å². The van der Waals surface area contributed by atoms with Gasteiger partial charge in [0.25, 0.3) is 0 Å². The van der Waals surface area contributed by atoms with Gasteiger partial charge in [0.2, 0.25) is 0 Å². The van der Waals surface area contributed by atoms with Crippen molar-refractivity contribution in [1.82, 2.24) is 0 Å². The predicted octanol–water partition coefficient (Wildman–Crippen LogP) is -0.698. The standard InChI is InChI=1S/C5H13N.NO3/c1-4-5-6(2)3;2-1(3)4/h4-5H2,1-3H3;/q;-1/p+1. The number of hydrogen-bond donors (Lipinski definition) is 1. The van der Waals surface area contributed by atoms with Gasteiger partial charge in [0, 0.05) is 0 Å². The fourth-order valence-electron chi connectivity index (χ4n) is 0.500. The molecule has 0 aromatic carbocycles. The summed E-state index contributed by atoms with van der Waals surface area (Å²) in [5, 5.41) is 14.8. The Morgan fingerprint density at radius 2 is 1.70 bits per heavy atom. The number of hydrogen-bond acceptors (Lipinski definition) is 3. The molecule has 5 heteroatoms. The predicted molar refractivity (Wildman–Crippen MR) is 38.3 cm³/mol. The molecule has 0 atom stereocenters. The molecule has 0 aliphatic carbocycles. The van der Waals surface area contributed by atoms with Gasteiger partial charge in [-0.2, -0.15) is 0 Å².